The van der Waals surface area contributed by atoms with Gasteiger partial charge < -0.3 is 64.7 Å². The first-order chi connectivity index (χ1) is 35.1. The number of rotatable bonds is 24. The fourth-order valence-corrected chi connectivity index (χ4v) is 10.1. The van der Waals surface area contributed by atoms with Crippen molar-refractivity contribution in [2.24, 2.45) is 21.1 Å². The number of hydroxylamine groups is 2. The third-order valence-corrected chi connectivity index (χ3v) is 14.2. The number of hydrogen-bond acceptors (Lipinski definition) is 15. The Morgan fingerprint density at radius 3 is 2.15 bits per heavy atom. The first kappa shape index (κ1) is 54.0. The molecule has 73 heavy (non-hydrogen) atoms. The molecule has 5 aromatic rings. The highest BCUT2D eigenvalue weighted by Gasteiger charge is 2.43. The minimum atomic E-state index is -0.483. The number of benzene rings is 1. The maximum absolute atomic E-state index is 14.2. The van der Waals surface area contributed by atoms with Crippen LogP contribution in [0.5, 0.6) is 11.5 Å². The number of nitrogens with one attached hydrogen (secondary N) is 4. The zero-order valence-electron chi connectivity index (χ0n) is 42.0. The zero-order valence-corrected chi connectivity index (χ0v) is 43.6. The van der Waals surface area contributed by atoms with E-state index >= 15 is 0 Å². The van der Waals surface area contributed by atoms with Crippen molar-refractivity contribution in [2.75, 3.05) is 94.6 Å². The fraction of sp³-hybridized carbons (Fsp3) is 0.400. The Labute approximate surface area is 432 Å². The third-order valence-electron chi connectivity index (χ3n) is 11.9. The summed E-state index contributed by atoms with van der Waals surface area (Å²) >= 11 is 0. The minimum absolute atomic E-state index is 0.0986. The number of pyridine rings is 1. The predicted octanol–water partition coefficient (Wildman–Crippen LogP) is 5.47. The number of likely N-dealkylation sites (tertiary alicyclic amines) is 1. The second-order valence-electron chi connectivity index (χ2n) is 17.8. The highest BCUT2D eigenvalue weighted by atomic mass is 33.1. The van der Waals surface area contributed by atoms with Crippen molar-refractivity contribution in [1.82, 2.24) is 38.9 Å². The van der Waals surface area contributed by atoms with Crippen molar-refractivity contribution >= 4 is 73.9 Å². The lowest BCUT2D eigenvalue weighted by Crippen LogP contribution is -2.49. The Bertz CT molecular complexity index is 2780. The molecule has 0 bridgehead atoms. The largest absolute Gasteiger partial charge is 0.493 e. The van der Waals surface area contributed by atoms with Crippen LogP contribution in [-0.2, 0) is 35.5 Å². The van der Waals surface area contributed by atoms with Gasteiger partial charge in [-0.2, -0.15) is 5.06 Å². The van der Waals surface area contributed by atoms with Crippen LogP contribution in [0.25, 0.3) is 0 Å². The average molecular weight is 1040 g/mol. The Hall–Kier alpha value is -6.76. The number of carbonyl (C=O) groups excluding carboxylic acids is 5. The highest BCUT2D eigenvalue weighted by Crippen LogP contribution is 2.37. The Morgan fingerprint density at radius 2 is 1.52 bits per heavy atom. The third kappa shape index (κ3) is 14.3. The highest BCUT2D eigenvalue weighted by molar-refractivity contribution is 8.76. The van der Waals surface area contributed by atoms with Crippen LogP contribution in [0, 0.1) is 0 Å². The molecule has 4 aromatic heterocycles. The van der Waals surface area contributed by atoms with Crippen molar-refractivity contribution in [2.45, 2.75) is 43.0 Å². The van der Waals surface area contributed by atoms with E-state index in [9.17, 15) is 24.0 Å². The van der Waals surface area contributed by atoms with Crippen LogP contribution in [0.15, 0.2) is 90.5 Å². The molecule has 2 saturated heterocycles. The summed E-state index contributed by atoms with van der Waals surface area (Å²) in [4.78, 5) is 80.8. The number of nitrogens with zero attached hydrogens (tertiary/aromatic N) is 7. The van der Waals surface area contributed by atoms with Gasteiger partial charge in [-0.3, -0.25) is 28.8 Å². The molecular formula is C50H64N12O9S2. The number of anilines is 4. The quantitative estimate of drug-likeness (QED) is 0.0223. The van der Waals surface area contributed by atoms with Crippen LogP contribution in [0.1, 0.15) is 67.5 Å². The summed E-state index contributed by atoms with van der Waals surface area (Å²) in [6.45, 7) is 7.51. The minimum Gasteiger partial charge on any atom is -0.493 e. The lowest BCUT2D eigenvalue weighted by Gasteiger charge is -2.33. The summed E-state index contributed by atoms with van der Waals surface area (Å²) in [7, 11) is 13.7. The molecule has 6 heterocycles. The Kier molecular flexibility index (Phi) is 18.7. The van der Waals surface area contributed by atoms with Crippen molar-refractivity contribution in [3.8, 4) is 11.5 Å². The first-order valence-electron chi connectivity index (χ1n) is 23.7. The number of aromatic nitrogens is 4. The molecule has 1 aromatic carbocycles. The molecule has 2 aliphatic heterocycles. The molecular weight excluding hydrogens is 977 g/mol. The van der Waals surface area contributed by atoms with E-state index in [2.05, 4.69) is 32.8 Å². The molecule has 2 atom stereocenters. The van der Waals surface area contributed by atoms with Crippen molar-refractivity contribution in [3.63, 3.8) is 0 Å². The molecule has 2 aliphatic rings. The second kappa shape index (κ2) is 25.3. The van der Waals surface area contributed by atoms with Gasteiger partial charge in [0, 0.05) is 82.9 Å². The lowest BCUT2D eigenvalue weighted by molar-refractivity contribution is -0.212. The summed E-state index contributed by atoms with van der Waals surface area (Å²) in [5, 5.41) is 14.1. The summed E-state index contributed by atoms with van der Waals surface area (Å²) in [5.41, 5.74) is 10.0. The van der Waals surface area contributed by atoms with Crippen LogP contribution in [-0.4, -0.2) is 148 Å². The number of aryl methyl sites for hydroxylation is 3. The van der Waals surface area contributed by atoms with Crippen molar-refractivity contribution in [1.29, 1.82) is 0 Å². The van der Waals surface area contributed by atoms with Gasteiger partial charge in [0.2, 0.25) is 5.91 Å². The van der Waals surface area contributed by atoms with E-state index in [1.807, 2.05) is 42.3 Å². The van der Waals surface area contributed by atoms with Crippen LogP contribution >= 0.6 is 21.6 Å². The molecule has 1 unspecified atom stereocenters. The molecule has 0 radical (unpaired) electrons. The fourth-order valence-electron chi connectivity index (χ4n) is 8.39. The SMILES string of the molecule is C=C1C[C@@H](C2OCCN2OCCSSc2ccccn2)N(C(=O)c2cc(OC)c(OCCCC(=O)Nc3cc(C(=O)Nc4cc(C(=O)Nc5cc(C(=O)NCCCN(C)C)n(C)c5)n(C)c4)n(C)c3)cc2N)C1. The average Bonchev–Trinajstić information content (AvgIpc) is 4.21. The van der Waals surface area contributed by atoms with Crippen LogP contribution in [0.4, 0.5) is 22.7 Å². The van der Waals surface area contributed by atoms with E-state index in [-0.39, 0.29) is 59.4 Å². The van der Waals surface area contributed by atoms with Gasteiger partial charge in [-0.25, -0.2) is 4.98 Å². The lowest BCUT2D eigenvalue weighted by atomic mass is 10.1. The summed E-state index contributed by atoms with van der Waals surface area (Å²) in [6, 6.07) is 13.3. The maximum atomic E-state index is 14.2. The van der Waals surface area contributed by atoms with Gasteiger partial charge >= 0.3 is 0 Å². The number of methoxy groups -OCH3 is 1. The topological polar surface area (TPSA) is 234 Å². The van der Waals surface area contributed by atoms with E-state index in [0.717, 1.165) is 29.3 Å². The number of nitrogen functional groups attached to an aromatic ring is 1. The summed E-state index contributed by atoms with van der Waals surface area (Å²) in [5.74, 6) is -0.375. The van der Waals surface area contributed by atoms with E-state index in [0.29, 0.717) is 79.9 Å². The molecule has 390 valence electrons. The van der Waals surface area contributed by atoms with Gasteiger partial charge in [-0.05, 0) is 87.1 Å². The van der Waals surface area contributed by atoms with E-state index in [1.54, 1.807) is 116 Å². The number of hydrogen-bond donors (Lipinski definition) is 5. The van der Waals surface area contributed by atoms with Gasteiger partial charge in [-0.15, -0.1) is 0 Å². The molecule has 5 amide bonds. The monoisotopic (exact) mass is 1040 g/mol. The maximum Gasteiger partial charge on any atom is 0.272 e. The predicted molar refractivity (Wildman–Crippen MR) is 282 cm³/mol. The molecule has 2 fully saturated rings. The number of carbonyl (C=O) groups is 5. The molecule has 23 heteroatoms. The van der Waals surface area contributed by atoms with E-state index in [4.69, 9.17) is 24.8 Å². The Balaban J connectivity index is 0.861. The first-order valence-corrected chi connectivity index (χ1v) is 26.0. The zero-order chi connectivity index (χ0) is 52.2. The van der Waals surface area contributed by atoms with Crippen molar-refractivity contribution < 1.29 is 43.0 Å². The normalized spacial score (nSPS) is 15.7. The number of ether oxygens (including phenoxy) is 3. The standard InChI is InChI=1S/C50H64N12O9S2/c1-32-22-41(50-62(17-19-70-50)71-20-21-72-73-45-13-8-9-14-52-45)61(28-32)49(67)36-26-42(68-7)43(27-37(36)51)69-18-10-12-44(63)54-33-23-39(59(5)29-33)47(65)56-35-25-40(60(6)31-35)48(66)55-34-24-38(58(4)30-34)46(64)53-15-11-16-57(2)3/h8-9,13-14,23-27,29-31,41,50H,1,10-12,15-22,28,51H2,2-7H3,(H,53,64)(H,54,63)(H,55,66)(H,56,65)/t41-,50?/m0/s1. The number of nitrogens with two attached hydrogens (primary N) is 1. The molecule has 0 spiro atoms. The number of amides is 5. The van der Waals surface area contributed by atoms with Crippen LogP contribution in [0.3, 0.4) is 0 Å². The smallest absolute Gasteiger partial charge is 0.272 e. The van der Waals surface area contributed by atoms with Gasteiger partial charge in [0.15, 0.2) is 17.7 Å². The van der Waals surface area contributed by atoms with Gasteiger partial charge in [0.25, 0.3) is 23.6 Å². The molecule has 0 saturated carbocycles. The van der Waals surface area contributed by atoms with Crippen LogP contribution in [0.2, 0.25) is 0 Å². The second-order valence-corrected chi connectivity index (χ2v) is 20.3. The Morgan fingerprint density at radius 1 is 0.863 bits per heavy atom. The van der Waals surface area contributed by atoms with E-state index in [1.165, 1.54) is 7.11 Å². The van der Waals surface area contributed by atoms with E-state index < -0.39 is 18.0 Å². The summed E-state index contributed by atoms with van der Waals surface area (Å²) in [6.07, 6.45) is 7.96. The molecule has 6 N–H and O–H groups in total. The molecule has 21 nitrogen and oxygen atoms in total. The molecule has 0 aliphatic carbocycles. The van der Waals surface area contributed by atoms with Crippen LogP contribution < -0.4 is 36.5 Å². The molecule has 7 rings (SSSR count). The van der Waals surface area contributed by atoms with Gasteiger partial charge in [0.05, 0.1) is 62.1 Å². The van der Waals surface area contributed by atoms with Gasteiger partial charge in [-0.1, -0.05) is 29.0 Å². The van der Waals surface area contributed by atoms with Gasteiger partial charge in [0.1, 0.15) is 22.1 Å². The summed E-state index contributed by atoms with van der Waals surface area (Å²) < 4.78 is 22.6. The van der Waals surface area contributed by atoms with Crippen molar-refractivity contribution in [3.05, 3.63) is 108 Å².